The maximum atomic E-state index is 11.4. The first-order chi connectivity index (χ1) is 9.69. The lowest BCUT2D eigenvalue weighted by Gasteiger charge is -2.13. The normalized spacial score (nSPS) is 10.8. The van der Waals surface area contributed by atoms with E-state index in [-0.39, 0.29) is 0 Å². The second-order valence-corrected chi connectivity index (χ2v) is 5.33. The first kappa shape index (κ1) is 12.7. The summed E-state index contributed by atoms with van der Waals surface area (Å²) in [5.41, 5.74) is 7.30. The van der Waals surface area contributed by atoms with Crippen LogP contribution >= 0.6 is 11.3 Å². The fraction of sp³-hybridized carbons (Fsp3) is 0.143. The average molecular weight is 286 g/mol. The molecule has 0 aliphatic carbocycles. The summed E-state index contributed by atoms with van der Waals surface area (Å²) >= 11 is 1.47. The quantitative estimate of drug-likeness (QED) is 0.804. The van der Waals surface area contributed by atoms with Crippen LogP contribution in [0.3, 0.4) is 0 Å². The average Bonchev–Trinajstić information content (AvgIpc) is 3.07. The largest absolute Gasteiger partial charge is 0.351 e. The molecular formula is C14H14N4OS. The monoisotopic (exact) mass is 286 g/mol. The third-order valence-electron chi connectivity index (χ3n) is 3.08. The van der Waals surface area contributed by atoms with Crippen molar-refractivity contribution >= 4 is 32.7 Å². The van der Waals surface area contributed by atoms with Crippen molar-refractivity contribution in [2.75, 3.05) is 11.4 Å². The standard InChI is InChI=1S/C14H14N4OS/c1-2-18(13(15)19)14-16-11-6-5-10(9-12(11)20-14)17-7-3-4-8-17/h3-9H,2H2,1H3,(H2,15,19). The minimum Gasteiger partial charge on any atom is -0.351 e. The van der Waals surface area contributed by atoms with Crippen molar-refractivity contribution in [2.24, 2.45) is 5.73 Å². The number of rotatable bonds is 3. The van der Waals surface area contributed by atoms with Gasteiger partial charge in [-0.1, -0.05) is 11.3 Å². The van der Waals surface area contributed by atoms with E-state index in [0.717, 1.165) is 15.9 Å². The van der Waals surface area contributed by atoms with Gasteiger partial charge in [0.05, 0.1) is 10.2 Å². The molecular weight excluding hydrogens is 272 g/mol. The molecule has 2 aromatic heterocycles. The predicted octanol–water partition coefficient (Wildman–Crippen LogP) is 2.99. The van der Waals surface area contributed by atoms with Gasteiger partial charge in [0.25, 0.3) is 0 Å². The molecule has 0 radical (unpaired) electrons. The van der Waals surface area contributed by atoms with Crippen molar-refractivity contribution in [3.8, 4) is 5.69 Å². The second kappa shape index (κ2) is 4.97. The summed E-state index contributed by atoms with van der Waals surface area (Å²) in [4.78, 5) is 17.3. The molecule has 0 fully saturated rings. The van der Waals surface area contributed by atoms with Crippen LogP contribution < -0.4 is 10.6 Å². The number of hydrogen-bond acceptors (Lipinski definition) is 3. The maximum absolute atomic E-state index is 11.4. The molecule has 0 aliphatic rings. The van der Waals surface area contributed by atoms with E-state index in [1.165, 1.54) is 16.2 Å². The Kier molecular flexibility index (Phi) is 3.15. The Hall–Kier alpha value is -2.34. The highest BCUT2D eigenvalue weighted by atomic mass is 32.1. The molecule has 6 heteroatoms. The number of anilines is 1. The Morgan fingerprint density at radius 2 is 2.15 bits per heavy atom. The van der Waals surface area contributed by atoms with Gasteiger partial charge >= 0.3 is 6.03 Å². The van der Waals surface area contributed by atoms with Gasteiger partial charge in [0.2, 0.25) is 0 Å². The molecule has 3 rings (SSSR count). The zero-order valence-corrected chi connectivity index (χ0v) is 11.8. The predicted molar refractivity (Wildman–Crippen MR) is 81.6 cm³/mol. The number of urea groups is 1. The van der Waals surface area contributed by atoms with E-state index in [4.69, 9.17) is 5.73 Å². The Morgan fingerprint density at radius 1 is 1.40 bits per heavy atom. The summed E-state index contributed by atoms with van der Waals surface area (Å²) in [7, 11) is 0. The molecule has 20 heavy (non-hydrogen) atoms. The SMILES string of the molecule is CCN(C(N)=O)c1nc2ccc(-n3cccc3)cc2s1. The third kappa shape index (κ3) is 2.14. The lowest BCUT2D eigenvalue weighted by atomic mass is 10.3. The molecule has 102 valence electrons. The molecule has 1 aromatic carbocycles. The van der Waals surface area contributed by atoms with Crippen LogP contribution in [0.4, 0.5) is 9.93 Å². The van der Waals surface area contributed by atoms with E-state index in [2.05, 4.69) is 11.1 Å². The van der Waals surface area contributed by atoms with E-state index < -0.39 is 6.03 Å². The van der Waals surface area contributed by atoms with Crippen molar-refractivity contribution in [2.45, 2.75) is 6.92 Å². The Morgan fingerprint density at radius 3 is 2.80 bits per heavy atom. The smallest absolute Gasteiger partial charge is 0.321 e. The van der Waals surface area contributed by atoms with Crippen LogP contribution in [0.2, 0.25) is 0 Å². The van der Waals surface area contributed by atoms with E-state index in [0.29, 0.717) is 11.7 Å². The molecule has 0 saturated carbocycles. The minimum atomic E-state index is -0.475. The van der Waals surface area contributed by atoms with Crippen LogP contribution in [0.25, 0.3) is 15.9 Å². The summed E-state index contributed by atoms with van der Waals surface area (Å²) in [5.74, 6) is 0. The summed E-state index contributed by atoms with van der Waals surface area (Å²) in [6.07, 6.45) is 3.98. The summed E-state index contributed by atoms with van der Waals surface area (Å²) in [5, 5.41) is 0.639. The van der Waals surface area contributed by atoms with Gasteiger partial charge in [0.15, 0.2) is 5.13 Å². The lowest BCUT2D eigenvalue weighted by molar-refractivity contribution is 0.254. The molecule has 2 heterocycles. The lowest BCUT2D eigenvalue weighted by Crippen LogP contribution is -2.35. The second-order valence-electron chi connectivity index (χ2n) is 4.32. The number of benzene rings is 1. The maximum Gasteiger partial charge on any atom is 0.321 e. The topological polar surface area (TPSA) is 64.2 Å². The molecule has 0 saturated heterocycles. The van der Waals surface area contributed by atoms with Crippen molar-refractivity contribution in [3.63, 3.8) is 0 Å². The van der Waals surface area contributed by atoms with Gasteiger partial charge in [-0.15, -0.1) is 0 Å². The number of aromatic nitrogens is 2. The Labute approximate surface area is 120 Å². The minimum absolute atomic E-state index is 0.475. The molecule has 0 aliphatic heterocycles. The number of nitrogens with two attached hydrogens (primary N) is 1. The first-order valence-electron chi connectivity index (χ1n) is 6.30. The number of thiazole rings is 1. The van der Waals surface area contributed by atoms with Gasteiger partial charge < -0.3 is 10.3 Å². The van der Waals surface area contributed by atoms with E-state index in [1.807, 2.05) is 48.1 Å². The molecule has 2 amide bonds. The van der Waals surface area contributed by atoms with Gasteiger partial charge in [-0.3, -0.25) is 4.90 Å². The zero-order valence-electron chi connectivity index (χ0n) is 11.0. The van der Waals surface area contributed by atoms with Crippen LogP contribution in [0.1, 0.15) is 6.92 Å². The number of primary amides is 1. The van der Waals surface area contributed by atoms with Gasteiger partial charge in [-0.2, -0.15) is 0 Å². The first-order valence-corrected chi connectivity index (χ1v) is 7.11. The number of fused-ring (bicyclic) bond motifs is 1. The summed E-state index contributed by atoms with van der Waals surface area (Å²) in [6.45, 7) is 2.39. The highest BCUT2D eigenvalue weighted by Gasteiger charge is 2.15. The molecule has 0 bridgehead atoms. The number of hydrogen-bond donors (Lipinski definition) is 1. The van der Waals surface area contributed by atoms with Crippen LogP contribution in [-0.4, -0.2) is 22.1 Å². The van der Waals surface area contributed by atoms with Gasteiger partial charge in [0.1, 0.15) is 0 Å². The molecule has 0 atom stereocenters. The number of carbonyl (C=O) groups is 1. The van der Waals surface area contributed by atoms with Crippen molar-refractivity contribution in [1.29, 1.82) is 0 Å². The number of amides is 2. The molecule has 3 aromatic rings. The van der Waals surface area contributed by atoms with Crippen molar-refractivity contribution in [3.05, 3.63) is 42.7 Å². The Bertz CT molecular complexity index is 748. The molecule has 5 nitrogen and oxygen atoms in total. The molecule has 0 unspecified atom stereocenters. The van der Waals surface area contributed by atoms with Gasteiger partial charge in [0, 0.05) is 24.6 Å². The van der Waals surface area contributed by atoms with Crippen LogP contribution in [0.5, 0.6) is 0 Å². The fourth-order valence-corrected chi connectivity index (χ4v) is 3.14. The fourth-order valence-electron chi connectivity index (χ4n) is 2.07. The highest BCUT2D eigenvalue weighted by molar-refractivity contribution is 7.22. The highest BCUT2D eigenvalue weighted by Crippen LogP contribution is 2.30. The number of nitrogens with zero attached hydrogens (tertiary/aromatic N) is 3. The number of carbonyl (C=O) groups excluding carboxylic acids is 1. The Balaban J connectivity index is 2.05. The molecule has 2 N–H and O–H groups in total. The van der Waals surface area contributed by atoms with Crippen molar-refractivity contribution in [1.82, 2.24) is 9.55 Å². The summed E-state index contributed by atoms with van der Waals surface area (Å²) in [6, 6.07) is 9.51. The van der Waals surface area contributed by atoms with E-state index in [9.17, 15) is 4.79 Å². The van der Waals surface area contributed by atoms with Crippen molar-refractivity contribution < 1.29 is 4.79 Å². The van der Waals surface area contributed by atoms with E-state index in [1.54, 1.807) is 0 Å². The van der Waals surface area contributed by atoms with Gasteiger partial charge in [-0.05, 0) is 37.3 Å². The summed E-state index contributed by atoms with van der Waals surface area (Å²) < 4.78 is 3.07. The molecule has 0 spiro atoms. The third-order valence-corrected chi connectivity index (χ3v) is 4.12. The van der Waals surface area contributed by atoms with Crippen LogP contribution in [0, 0.1) is 0 Å². The van der Waals surface area contributed by atoms with Gasteiger partial charge in [-0.25, -0.2) is 9.78 Å². The zero-order chi connectivity index (χ0) is 14.1. The van der Waals surface area contributed by atoms with Crippen LogP contribution in [-0.2, 0) is 0 Å². The van der Waals surface area contributed by atoms with Crippen LogP contribution in [0.15, 0.2) is 42.7 Å². The van der Waals surface area contributed by atoms with E-state index >= 15 is 0 Å².